The normalized spacial score (nSPS) is 42.2. The molecule has 0 amide bonds. The lowest BCUT2D eigenvalue weighted by Gasteiger charge is -2.42. The molecule has 1 heterocycles. The van der Waals surface area contributed by atoms with Crippen molar-refractivity contribution in [3.63, 3.8) is 0 Å². The maximum Gasteiger partial charge on any atom is 0.0936 e. The van der Waals surface area contributed by atoms with Gasteiger partial charge in [-0.3, -0.25) is 4.90 Å². The Hall–Kier alpha value is -0.160. The molecule has 0 radical (unpaired) electrons. The maximum absolute atomic E-state index is 9.20. The van der Waals surface area contributed by atoms with E-state index in [0.29, 0.717) is 12.1 Å². The zero-order valence-corrected chi connectivity index (χ0v) is 10.1. The SMILES string of the molecule is CC1CN(C2CCC(N)CC2)CC(CO)O1. The highest BCUT2D eigenvalue weighted by molar-refractivity contribution is 4.85. The van der Waals surface area contributed by atoms with Crippen molar-refractivity contribution in [2.24, 2.45) is 5.73 Å². The molecule has 16 heavy (non-hydrogen) atoms. The summed E-state index contributed by atoms with van der Waals surface area (Å²) in [7, 11) is 0. The van der Waals surface area contributed by atoms with Crippen LogP contribution in [-0.4, -0.2) is 54.0 Å². The molecular formula is C12H24N2O2. The summed E-state index contributed by atoms with van der Waals surface area (Å²) in [6.45, 7) is 4.09. The van der Waals surface area contributed by atoms with Crippen LogP contribution in [0.5, 0.6) is 0 Å². The van der Waals surface area contributed by atoms with Crippen LogP contribution < -0.4 is 5.73 Å². The smallest absolute Gasteiger partial charge is 0.0936 e. The van der Waals surface area contributed by atoms with Crippen molar-refractivity contribution >= 4 is 0 Å². The van der Waals surface area contributed by atoms with Crippen LogP contribution in [0.15, 0.2) is 0 Å². The summed E-state index contributed by atoms with van der Waals surface area (Å²) < 4.78 is 5.66. The van der Waals surface area contributed by atoms with Gasteiger partial charge in [-0.1, -0.05) is 0 Å². The molecule has 2 unspecified atom stereocenters. The van der Waals surface area contributed by atoms with Crippen molar-refractivity contribution in [1.82, 2.24) is 4.90 Å². The van der Waals surface area contributed by atoms with E-state index in [0.717, 1.165) is 25.9 Å². The van der Waals surface area contributed by atoms with Crippen molar-refractivity contribution in [2.45, 2.75) is 56.9 Å². The van der Waals surface area contributed by atoms with Crippen molar-refractivity contribution < 1.29 is 9.84 Å². The second kappa shape index (κ2) is 5.45. The number of aliphatic hydroxyl groups excluding tert-OH is 1. The summed E-state index contributed by atoms with van der Waals surface area (Å²) in [6, 6.07) is 1.06. The van der Waals surface area contributed by atoms with Crippen molar-refractivity contribution in [1.29, 1.82) is 0 Å². The largest absolute Gasteiger partial charge is 0.394 e. The van der Waals surface area contributed by atoms with Crippen LogP contribution in [0.25, 0.3) is 0 Å². The summed E-state index contributed by atoms with van der Waals surface area (Å²) >= 11 is 0. The molecule has 3 N–H and O–H groups in total. The van der Waals surface area contributed by atoms with Gasteiger partial charge in [0.05, 0.1) is 18.8 Å². The zero-order valence-electron chi connectivity index (χ0n) is 10.1. The van der Waals surface area contributed by atoms with Gasteiger partial charge in [0, 0.05) is 25.2 Å². The zero-order chi connectivity index (χ0) is 11.5. The number of aliphatic hydroxyl groups is 1. The Morgan fingerprint density at radius 3 is 2.56 bits per heavy atom. The van der Waals surface area contributed by atoms with E-state index < -0.39 is 0 Å². The van der Waals surface area contributed by atoms with E-state index >= 15 is 0 Å². The first-order chi connectivity index (χ1) is 7.69. The summed E-state index contributed by atoms with van der Waals surface area (Å²) in [6.07, 6.45) is 4.92. The Bertz CT molecular complexity index is 217. The molecule has 1 saturated carbocycles. The van der Waals surface area contributed by atoms with E-state index in [2.05, 4.69) is 11.8 Å². The van der Waals surface area contributed by atoms with E-state index in [1.54, 1.807) is 0 Å². The molecule has 2 aliphatic rings. The Labute approximate surface area is 97.7 Å². The van der Waals surface area contributed by atoms with Crippen molar-refractivity contribution in [2.75, 3.05) is 19.7 Å². The summed E-state index contributed by atoms with van der Waals surface area (Å²) in [4.78, 5) is 2.49. The Morgan fingerprint density at radius 2 is 1.94 bits per heavy atom. The fraction of sp³-hybridized carbons (Fsp3) is 1.00. The molecule has 2 atom stereocenters. The van der Waals surface area contributed by atoms with Gasteiger partial charge >= 0.3 is 0 Å². The van der Waals surface area contributed by atoms with E-state index in [1.807, 2.05) is 0 Å². The number of nitrogens with zero attached hydrogens (tertiary/aromatic N) is 1. The highest BCUT2D eigenvalue weighted by Crippen LogP contribution is 2.25. The quantitative estimate of drug-likeness (QED) is 0.715. The number of nitrogens with two attached hydrogens (primary N) is 1. The number of morpholine rings is 1. The molecule has 1 aliphatic heterocycles. The number of ether oxygens (including phenoxy) is 1. The summed E-state index contributed by atoms with van der Waals surface area (Å²) in [5.41, 5.74) is 5.92. The lowest BCUT2D eigenvalue weighted by molar-refractivity contribution is -0.108. The fourth-order valence-electron chi connectivity index (χ4n) is 2.95. The molecule has 0 bridgehead atoms. The van der Waals surface area contributed by atoms with Crippen LogP contribution in [0.3, 0.4) is 0 Å². The lowest BCUT2D eigenvalue weighted by atomic mass is 9.90. The molecule has 0 aromatic heterocycles. The molecule has 2 fully saturated rings. The molecule has 94 valence electrons. The van der Waals surface area contributed by atoms with Crippen molar-refractivity contribution in [3.8, 4) is 0 Å². The van der Waals surface area contributed by atoms with E-state index in [-0.39, 0.29) is 18.8 Å². The predicted octanol–water partition coefficient (Wildman–Crippen LogP) is 0.338. The van der Waals surface area contributed by atoms with Gasteiger partial charge in [-0.2, -0.15) is 0 Å². The second-order valence-corrected chi connectivity index (χ2v) is 5.27. The summed E-state index contributed by atoms with van der Waals surface area (Å²) in [5.74, 6) is 0. The molecule has 4 nitrogen and oxygen atoms in total. The Balaban J connectivity index is 1.88. The molecule has 1 aliphatic carbocycles. The summed E-state index contributed by atoms with van der Waals surface area (Å²) in [5, 5.41) is 9.20. The minimum absolute atomic E-state index is 0.000602. The topological polar surface area (TPSA) is 58.7 Å². The first kappa shape index (κ1) is 12.3. The van der Waals surface area contributed by atoms with Crippen molar-refractivity contribution in [3.05, 3.63) is 0 Å². The fourth-order valence-corrected chi connectivity index (χ4v) is 2.95. The third-order valence-electron chi connectivity index (χ3n) is 3.82. The maximum atomic E-state index is 9.20. The molecule has 0 aromatic rings. The number of rotatable bonds is 2. The van der Waals surface area contributed by atoms with E-state index in [9.17, 15) is 5.11 Å². The molecule has 4 heteroatoms. The Morgan fingerprint density at radius 1 is 1.25 bits per heavy atom. The van der Waals surface area contributed by atoms with Crippen LogP contribution in [-0.2, 0) is 4.74 Å². The van der Waals surface area contributed by atoms with Gasteiger partial charge in [0.2, 0.25) is 0 Å². The minimum atomic E-state index is -0.000602. The van der Waals surface area contributed by atoms with Crippen LogP contribution in [0.1, 0.15) is 32.6 Å². The van der Waals surface area contributed by atoms with Gasteiger partial charge in [0.15, 0.2) is 0 Å². The van der Waals surface area contributed by atoms with Gasteiger partial charge in [0.25, 0.3) is 0 Å². The second-order valence-electron chi connectivity index (χ2n) is 5.27. The van der Waals surface area contributed by atoms with Gasteiger partial charge in [-0.15, -0.1) is 0 Å². The van der Waals surface area contributed by atoms with Gasteiger partial charge in [0.1, 0.15) is 0 Å². The number of hydrogen-bond donors (Lipinski definition) is 2. The van der Waals surface area contributed by atoms with E-state index in [4.69, 9.17) is 10.5 Å². The monoisotopic (exact) mass is 228 g/mol. The molecule has 2 rings (SSSR count). The third kappa shape index (κ3) is 2.94. The highest BCUT2D eigenvalue weighted by atomic mass is 16.5. The first-order valence-corrected chi connectivity index (χ1v) is 6.45. The molecular weight excluding hydrogens is 204 g/mol. The average Bonchev–Trinajstić information content (AvgIpc) is 2.29. The van der Waals surface area contributed by atoms with Gasteiger partial charge < -0.3 is 15.6 Å². The molecule has 1 saturated heterocycles. The predicted molar refractivity (Wildman–Crippen MR) is 63.2 cm³/mol. The Kier molecular flexibility index (Phi) is 4.19. The average molecular weight is 228 g/mol. The molecule has 0 aromatic carbocycles. The lowest BCUT2D eigenvalue weighted by Crippen LogP contribution is -2.53. The standard InChI is InChI=1S/C12H24N2O2/c1-9-6-14(7-12(8-15)16-9)11-4-2-10(13)3-5-11/h9-12,15H,2-8,13H2,1H3. The van der Waals surface area contributed by atoms with Gasteiger partial charge in [-0.25, -0.2) is 0 Å². The third-order valence-corrected chi connectivity index (χ3v) is 3.82. The minimum Gasteiger partial charge on any atom is -0.394 e. The first-order valence-electron chi connectivity index (χ1n) is 6.45. The van der Waals surface area contributed by atoms with E-state index in [1.165, 1.54) is 12.8 Å². The van der Waals surface area contributed by atoms with Crippen LogP contribution >= 0.6 is 0 Å². The van der Waals surface area contributed by atoms with Crippen LogP contribution in [0.4, 0.5) is 0 Å². The van der Waals surface area contributed by atoms with Crippen LogP contribution in [0, 0.1) is 0 Å². The number of hydrogen-bond acceptors (Lipinski definition) is 4. The van der Waals surface area contributed by atoms with Crippen LogP contribution in [0.2, 0.25) is 0 Å². The molecule has 0 spiro atoms. The van der Waals surface area contributed by atoms with Gasteiger partial charge in [-0.05, 0) is 32.6 Å². The highest BCUT2D eigenvalue weighted by Gasteiger charge is 2.31.